The van der Waals surface area contributed by atoms with Gasteiger partial charge in [0, 0.05) is 30.6 Å². The minimum atomic E-state index is -3.36. The summed E-state index contributed by atoms with van der Waals surface area (Å²) in [5.41, 5.74) is 0.222. The highest BCUT2D eigenvalue weighted by Gasteiger charge is 2.28. The van der Waals surface area contributed by atoms with Crippen molar-refractivity contribution >= 4 is 18.6 Å². The van der Waals surface area contributed by atoms with Gasteiger partial charge >= 0.3 is 0 Å². The third-order valence-electron chi connectivity index (χ3n) is 5.89. The van der Waals surface area contributed by atoms with Crippen molar-refractivity contribution in [3.63, 3.8) is 0 Å². The van der Waals surface area contributed by atoms with E-state index < -0.39 is 18.8 Å². The molecule has 0 aliphatic heterocycles. The molecule has 0 bridgehead atoms. The molecule has 4 rings (SSSR count). The van der Waals surface area contributed by atoms with Crippen LogP contribution >= 0.6 is 7.37 Å². The van der Waals surface area contributed by atoms with E-state index in [1.165, 1.54) is 17.5 Å². The smallest absolute Gasteiger partial charge is 0.265 e. The molecule has 1 aromatic carbocycles. The lowest BCUT2D eigenvalue weighted by atomic mass is 9.81. The quantitative estimate of drug-likeness (QED) is 0.490. The van der Waals surface area contributed by atoms with Gasteiger partial charge in [-0.05, 0) is 42.5 Å². The van der Waals surface area contributed by atoms with Crippen molar-refractivity contribution in [2.24, 2.45) is 5.92 Å². The highest BCUT2D eigenvalue weighted by molar-refractivity contribution is 7.65. The first-order valence-electron chi connectivity index (χ1n) is 10.6. The first-order chi connectivity index (χ1) is 15.3. The Labute approximate surface area is 185 Å². The van der Waals surface area contributed by atoms with E-state index in [0.717, 1.165) is 37.7 Å². The number of aromatic amines is 1. The predicted octanol–water partition coefficient (Wildman–Crippen LogP) is 2.53. The Bertz CT molecular complexity index is 1180. The van der Waals surface area contributed by atoms with Gasteiger partial charge in [0.2, 0.25) is 13.3 Å². The normalized spacial score (nSPS) is 17.4. The van der Waals surface area contributed by atoms with Crippen molar-refractivity contribution in [3.05, 3.63) is 70.4 Å². The molecule has 2 heterocycles. The van der Waals surface area contributed by atoms with Gasteiger partial charge in [0.1, 0.15) is 5.56 Å². The first-order valence-corrected chi connectivity index (χ1v) is 12.7. The minimum absolute atomic E-state index is 0.0771. The van der Waals surface area contributed by atoms with E-state index in [1.54, 1.807) is 42.7 Å². The molecule has 9 nitrogen and oxygen atoms in total. The Morgan fingerprint density at radius 3 is 2.56 bits per heavy atom. The lowest BCUT2D eigenvalue weighted by Gasteiger charge is -2.31. The molecular formula is C22H26N5O4P. The Balaban J connectivity index is 1.60. The van der Waals surface area contributed by atoms with Crippen LogP contribution in [0.5, 0.6) is 0 Å². The molecule has 1 amide bonds. The summed E-state index contributed by atoms with van der Waals surface area (Å²) in [6.07, 6.45) is 9.71. The molecule has 32 heavy (non-hydrogen) atoms. The molecular weight excluding hydrogens is 429 g/mol. The largest absolute Gasteiger partial charge is 0.345 e. The Hall–Kier alpha value is -3.03. The maximum atomic E-state index is 13.0. The summed E-state index contributed by atoms with van der Waals surface area (Å²) in [6, 6.07) is 8.22. The van der Waals surface area contributed by atoms with Gasteiger partial charge in [-0.2, -0.15) is 5.10 Å². The standard InChI is InChI=1S/C22H26N5O4P/c1-32(30,31)17-10-8-16(9-11-17)19(15-6-3-2-4-7-15)25-20(28)18-14-23-22(26-21(18)29)27-13-5-12-24-27/h5,8-15,19H,2-4,6-7H2,1H3,(H,25,28)(H,30,31)(H,23,26,29)/t19-/m1/s1. The van der Waals surface area contributed by atoms with Crippen LogP contribution in [0.3, 0.4) is 0 Å². The topological polar surface area (TPSA) is 130 Å². The number of hydrogen-bond acceptors (Lipinski definition) is 5. The van der Waals surface area contributed by atoms with Gasteiger partial charge in [-0.1, -0.05) is 31.4 Å². The highest BCUT2D eigenvalue weighted by Crippen LogP contribution is 2.37. The molecule has 0 radical (unpaired) electrons. The van der Waals surface area contributed by atoms with E-state index in [4.69, 9.17) is 0 Å². The number of H-pyrrole nitrogens is 1. The number of carbonyl (C=O) groups is 1. The number of amides is 1. The molecule has 3 N–H and O–H groups in total. The van der Waals surface area contributed by atoms with E-state index in [9.17, 15) is 19.0 Å². The van der Waals surface area contributed by atoms with Gasteiger partial charge in [-0.3, -0.25) is 19.1 Å². The van der Waals surface area contributed by atoms with Crippen LogP contribution in [-0.2, 0) is 4.57 Å². The Kier molecular flexibility index (Phi) is 6.39. The number of carbonyl (C=O) groups excluding carboxylic acids is 1. The summed E-state index contributed by atoms with van der Waals surface area (Å²) < 4.78 is 13.4. The van der Waals surface area contributed by atoms with Gasteiger partial charge in [-0.15, -0.1) is 0 Å². The Morgan fingerprint density at radius 1 is 1.25 bits per heavy atom. The fraction of sp³-hybridized carbons (Fsp3) is 0.364. The molecule has 1 saturated carbocycles. The number of benzene rings is 1. The van der Waals surface area contributed by atoms with Crippen LogP contribution in [-0.4, -0.2) is 37.2 Å². The second-order valence-corrected chi connectivity index (χ2v) is 10.5. The average molecular weight is 455 g/mol. The number of aromatic nitrogens is 4. The third kappa shape index (κ3) is 4.89. The van der Waals surface area contributed by atoms with Crippen LogP contribution in [0.2, 0.25) is 0 Å². The average Bonchev–Trinajstić information content (AvgIpc) is 3.32. The first kappa shape index (κ1) is 22.2. The van der Waals surface area contributed by atoms with Crippen LogP contribution in [0.15, 0.2) is 53.7 Å². The Morgan fingerprint density at radius 2 is 1.97 bits per heavy atom. The zero-order chi connectivity index (χ0) is 22.7. The molecule has 0 saturated heterocycles. The predicted molar refractivity (Wildman–Crippen MR) is 121 cm³/mol. The van der Waals surface area contributed by atoms with E-state index >= 15 is 0 Å². The van der Waals surface area contributed by atoms with Gasteiger partial charge < -0.3 is 10.2 Å². The van der Waals surface area contributed by atoms with Crippen molar-refractivity contribution < 1.29 is 14.3 Å². The van der Waals surface area contributed by atoms with Crippen molar-refractivity contribution in [2.45, 2.75) is 38.1 Å². The van der Waals surface area contributed by atoms with Crippen LogP contribution < -0.4 is 16.2 Å². The molecule has 2 atom stereocenters. The molecule has 3 aromatic rings. The SMILES string of the molecule is CP(=O)(O)c1ccc([C@H](NC(=O)c2cnc(-n3cccn3)[nH]c2=O)C2CCCCC2)cc1. The van der Waals surface area contributed by atoms with E-state index in [0.29, 0.717) is 5.30 Å². The fourth-order valence-electron chi connectivity index (χ4n) is 4.18. The van der Waals surface area contributed by atoms with Crippen molar-refractivity contribution in [3.8, 4) is 5.95 Å². The van der Waals surface area contributed by atoms with E-state index in [-0.39, 0.29) is 23.5 Å². The van der Waals surface area contributed by atoms with Crippen molar-refractivity contribution in [2.75, 3.05) is 6.66 Å². The van der Waals surface area contributed by atoms with Gasteiger partial charge in [0.25, 0.3) is 11.5 Å². The molecule has 1 unspecified atom stereocenters. The van der Waals surface area contributed by atoms with E-state index in [2.05, 4.69) is 20.4 Å². The number of rotatable bonds is 6. The third-order valence-corrected chi connectivity index (χ3v) is 7.15. The van der Waals surface area contributed by atoms with Crippen LogP contribution in [0.25, 0.3) is 5.95 Å². The zero-order valence-corrected chi connectivity index (χ0v) is 18.7. The maximum Gasteiger partial charge on any atom is 0.265 e. The molecule has 2 aromatic heterocycles. The summed E-state index contributed by atoms with van der Waals surface area (Å²) in [7, 11) is -3.36. The second kappa shape index (κ2) is 9.22. The minimum Gasteiger partial charge on any atom is -0.345 e. The van der Waals surface area contributed by atoms with E-state index in [1.807, 2.05) is 0 Å². The zero-order valence-electron chi connectivity index (χ0n) is 17.8. The molecule has 168 valence electrons. The monoisotopic (exact) mass is 455 g/mol. The van der Waals surface area contributed by atoms with Crippen LogP contribution in [0.1, 0.15) is 54.1 Å². The lowest BCUT2D eigenvalue weighted by molar-refractivity contribution is 0.0910. The number of hydrogen-bond donors (Lipinski definition) is 3. The van der Waals surface area contributed by atoms with Gasteiger partial charge in [0.05, 0.1) is 6.04 Å². The van der Waals surface area contributed by atoms with Crippen molar-refractivity contribution in [1.29, 1.82) is 0 Å². The highest BCUT2D eigenvalue weighted by atomic mass is 31.2. The molecule has 10 heteroatoms. The van der Waals surface area contributed by atoms with Gasteiger partial charge in [0.15, 0.2) is 0 Å². The summed E-state index contributed by atoms with van der Waals surface area (Å²) in [5, 5.41) is 7.41. The van der Waals surface area contributed by atoms with Crippen LogP contribution in [0, 0.1) is 5.92 Å². The van der Waals surface area contributed by atoms with Crippen molar-refractivity contribution in [1.82, 2.24) is 25.1 Å². The summed E-state index contributed by atoms with van der Waals surface area (Å²) in [5.74, 6) is -0.0609. The summed E-state index contributed by atoms with van der Waals surface area (Å²) in [6.45, 7) is 1.30. The van der Waals surface area contributed by atoms with Crippen LogP contribution in [0.4, 0.5) is 0 Å². The molecule has 1 aliphatic carbocycles. The molecule has 1 fully saturated rings. The maximum absolute atomic E-state index is 13.0. The summed E-state index contributed by atoms with van der Waals surface area (Å²) in [4.78, 5) is 42.2. The number of nitrogens with one attached hydrogen (secondary N) is 2. The number of nitrogens with zero attached hydrogens (tertiary/aromatic N) is 3. The second-order valence-electron chi connectivity index (χ2n) is 8.22. The fourth-order valence-corrected chi connectivity index (χ4v) is 4.88. The summed E-state index contributed by atoms with van der Waals surface area (Å²) >= 11 is 0. The molecule has 1 aliphatic rings. The van der Waals surface area contributed by atoms with Gasteiger partial charge in [-0.25, -0.2) is 9.67 Å². The lowest BCUT2D eigenvalue weighted by Crippen LogP contribution is -2.37. The molecule has 0 spiro atoms.